The minimum absolute atomic E-state index is 0.0636. The van der Waals surface area contributed by atoms with Crippen molar-refractivity contribution in [2.45, 2.75) is 13.0 Å². The average Bonchev–Trinajstić information content (AvgIpc) is 2.51. The Morgan fingerprint density at radius 1 is 1.09 bits per heavy atom. The lowest BCUT2D eigenvalue weighted by molar-refractivity contribution is 0.414. The molecule has 0 heterocycles. The standard InChI is InChI=1S/C16H16Cl2N2OS/c1-10(11-3-6-13(21-2)7-4-11)19-16(22)20-12-5-8-14(17)15(18)9-12/h3-10H,1-2H3,(H2,19,20,22). The van der Waals surface area contributed by atoms with Crippen molar-refractivity contribution in [1.82, 2.24) is 5.32 Å². The van der Waals surface area contributed by atoms with E-state index in [9.17, 15) is 0 Å². The number of ether oxygens (including phenoxy) is 1. The molecule has 0 saturated carbocycles. The molecule has 2 rings (SSSR count). The van der Waals surface area contributed by atoms with E-state index in [0.29, 0.717) is 15.2 Å². The third-order valence-corrected chi connectivity index (χ3v) is 4.10. The molecule has 3 nitrogen and oxygen atoms in total. The van der Waals surface area contributed by atoms with E-state index in [0.717, 1.165) is 17.0 Å². The second-order valence-electron chi connectivity index (χ2n) is 4.72. The largest absolute Gasteiger partial charge is 0.497 e. The maximum atomic E-state index is 5.98. The van der Waals surface area contributed by atoms with E-state index in [1.165, 1.54) is 0 Å². The molecule has 0 spiro atoms. The third-order valence-electron chi connectivity index (χ3n) is 3.14. The molecule has 0 aliphatic rings. The minimum Gasteiger partial charge on any atom is -0.497 e. The first kappa shape index (κ1) is 16.9. The van der Waals surface area contributed by atoms with Gasteiger partial charge in [-0.2, -0.15) is 0 Å². The van der Waals surface area contributed by atoms with Gasteiger partial charge in [0.1, 0.15) is 5.75 Å². The number of nitrogens with one attached hydrogen (secondary N) is 2. The summed E-state index contributed by atoms with van der Waals surface area (Å²) in [5.74, 6) is 0.826. The summed E-state index contributed by atoms with van der Waals surface area (Å²) in [5, 5.41) is 7.82. The van der Waals surface area contributed by atoms with Crippen molar-refractivity contribution < 1.29 is 4.74 Å². The molecule has 6 heteroatoms. The summed E-state index contributed by atoms with van der Waals surface area (Å²) >= 11 is 17.2. The van der Waals surface area contributed by atoms with Crippen LogP contribution < -0.4 is 15.4 Å². The maximum Gasteiger partial charge on any atom is 0.171 e. The molecule has 0 aromatic heterocycles. The molecule has 1 unspecified atom stereocenters. The zero-order valence-corrected chi connectivity index (χ0v) is 14.5. The van der Waals surface area contributed by atoms with Gasteiger partial charge in [0.05, 0.1) is 23.2 Å². The van der Waals surface area contributed by atoms with Crippen molar-refractivity contribution in [2.24, 2.45) is 0 Å². The van der Waals surface area contributed by atoms with Crippen LogP contribution in [0.1, 0.15) is 18.5 Å². The Balaban J connectivity index is 1.96. The lowest BCUT2D eigenvalue weighted by Crippen LogP contribution is -2.30. The molecule has 1 atom stereocenters. The highest BCUT2D eigenvalue weighted by atomic mass is 35.5. The van der Waals surface area contributed by atoms with Gasteiger partial charge in [-0.15, -0.1) is 0 Å². The molecule has 0 bridgehead atoms. The first-order chi connectivity index (χ1) is 10.5. The predicted octanol–water partition coefficient (Wildman–Crippen LogP) is 5.05. The Morgan fingerprint density at radius 3 is 2.36 bits per heavy atom. The SMILES string of the molecule is COc1ccc(C(C)NC(=S)Nc2ccc(Cl)c(Cl)c2)cc1. The number of hydrogen-bond donors (Lipinski definition) is 2. The van der Waals surface area contributed by atoms with Gasteiger partial charge in [-0.3, -0.25) is 0 Å². The van der Waals surface area contributed by atoms with Crippen LogP contribution in [-0.2, 0) is 0 Å². The van der Waals surface area contributed by atoms with Crippen LogP contribution in [0.4, 0.5) is 5.69 Å². The molecule has 0 fully saturated rings. The summed E-state index contributed by atoms with van der Waals surface area (Å²) in [5.41, 5.74) is 1.90. The van der Waals surface area contributed by atoms with Gasteiger partial charge in [0.2, 0.25) is 0 Å². The van der Waals surface area contributed by atoms with Gasteiger partial charge in [-0.1, -0.05) is 35.3 Å². The second-order valence-corrected chi connectivity index (χ2v) is 5.94. The van der Waals surface area contributed by atoms with Crippen LogP contribution in [-0.4, -0.2) is 12.2 Å². The molecule has 22 heavy (non-hydrogen) atoms. The summed E-state index contributed by atoms with van der Waals surface area (Å²) in [7, 11) is 1.65. The summed E-state index contributed by atoms with van der Waals surface area (Å²) < 4.78 is 5.15. The molecular formula is C16H16Cl2N2OS. The molecule has 0 saturated heterocycles. The molecule has 0 radical (unpaired) electrons. The Labute approximate surface area is 145 Å². The third kappa shape index (κ3) is 4.50. The Bertz CT molecular complexity index is 662. The number of rotatable bonds is 4. The molecule has 2 aromatic carbocycles. The number of methoxy groups -OCH3 is 1. The van der Waals surface area contributed by atoms with Crippen molar-refractivity contribution in [3.05, 3.63) is 58.1 Å². The predicted molar refractivity (Wildman–Crippen MR) is 97.2 cm³/mol. The maximum absolute atomic E-state index is 5.98. The van der Waals surface area contributed by atoms with Gasteiger partial charge in [0.15, 0.2) is 5.11 Å². The van der Waals surface area contributed by atoms with E-state index in [1.54, 1.807) is 19.2 Å². The molecule has 2 aromatic rings. The average molecular weight is 355 g/mol. The zero-order valence-electron chi connectivity index (χ0n) is 12.2. The van der Waals surface area contributed by atoms with E-state index in [1.807, 2.05) is 37.3 Å². The van der Waals surface area contributed by atoms with Crippen LogP contribution in [0.3, 0.4) is 0 Å². The van der Waals surface area contributed by atoms with Crippen LogP contribution >= 0.6 is 35.4 Å². The van der Waals surface area contributed by atoms with Gasteiger partial charge in [0, 0.05) is 5.69 Å². The summed E-state index contributed by atoms with van der Waals surface area (Å²) in [6.45, 7) is 2.03. The molecule has 0 amide bonds. The smallest absolute Gasteiger partial charge is 0.171 e. The second kappa shape index (κ2) is 7.68. The van der Waals surface area contributed by atoms with E-state index < -0.39 is 0 Å². The van der Waals surface area contributed by atoms with E-state index >= 15 is 0 Å². The highest BCUT2D eigenvalue weighted by Gasteiger charge is 2.08. The van der Waals surface area contributed by atoms with Gasteiger partial charge >= 0.3 is 0 Å². The minimum atomic E-state index is 0.0636. The Morgan fingerprint density at radius 2 is 1.77 bits per heavy atom. The summed E-state index contributed by atoms with van der Waals surface area (Å²) in [6.07, 6.45) is 0. The van der Waals surface area contributed by atoms with Crippen LogP contribution in [0, 0.1) is 0 Å². The van der Waals surface area contributed by atoms with Gasteiger partial charge in [0.25, 0.3) is 0 Å². The topological polar surface area (TPSA) is 33.3 Å². The van der Waals surface area contributed by atoms with Crippen molar-refractivity contribution >= 4 is 46.2 Å². The first-order valence-electron chi connectivity index (χ1n) is 6.66. The monoisotopic (exact) mass is 354 g/mol. The van der Waals surface area contributed by atoms with E-state index in [-0.39, 0.29) is 6.04 Å². The Kier molecular flexibility index (Phi) is 5.89. The van der Waals surface area contributed by atoms with Gasteiger partial charge < -0.3 is 15.4 Å². The number of benzene rings is 2. The van der Waals surface area contributed by atoms with E-state index in [4.69, 9.17) is 40.2 Å². The fourth-order valence-electron chi connectivity index (χ4n) is 1.91. The van der Waals surface area contributed by atoms with Crippen molar-refractivity contribution in [1.29, 1.82) is 0 Å². The molecule has 2 N–H and O–H groups in total. The fourth-order valence-corrected chi connectivity index (χ4v) is 2.51. The van der Waals surface area contributed by atoms with Crippen LogP contribution in [0.15, 0.2) is 42.5 Å². The van der Waals surface area contributed by atoms with Crippen molar-refractivity contribution in [3.8, 4) is 5.75 Å². The fraction of sp³-hybridized carbons (Fsp3) is 0.188. The molecule has 0 aliphatic heterocycles. The number of thiocarbonyl (C=S) groups is 1. The summed E-state index contributed by atoms with van der Waals surface area (Å²) in [4.78, 5) is 0. The highest BCUT2D eigenvalue weighted by molar-refractivity contribution is 7.80. The van der Waals surface area contributed by atoms with Crippen molar-refractivity contribution in [3.63, 3.8) is 0 Å². The number of anilines is 1. The lowest BCUT2D eigenvalue weighted by atomic mass is 10.1. The lowest BCUT2D eigenvalue weighted by Gasteiger charge is -2.18. The van der Waals surface area contributed by atoms with Crippen LogP contribution in [0.25, 0.3) is 0 Å². The number of halogens is 2. The van der Waals surface area contributed by atoms with Crippen LogP contribution in [0.5, 0.6) is 5.75 Å². The highest BCUT2D eigenvalue weighted by Crippen LogP contribution is 2.25. The van der Waals surface area contributed by atoms with Gasteiger partial charge in [-0.25, -0.2) is 0 Å². The number of hydrogen-bond acceptors (Lipinski definition) is 2. The Hall–Kier alpha value is -1.49. The van der Waals surface area contributed by atoms with Crippen LogP contribution in [0.2, 0.25) is 10.0 Å². The molecule has 116 valence electrons. The molecule has 0 aliphatic carbocycles. The normalized spacial score (nSPS) is 11.6. The van der Waals surface area contributed by atoms with Gasteiger partial charge in [-0.05, 0) is 55.0 Å². The molecular weight excluding hydrogens is 339 g/mol. The summed E-state index contributed by atoms with van der Waals surface area (Å²) in [6, 6.07) is 13.2. The van der Waals surface area contributed by atoms with E-state index in [2.05, 4.69) is 10.6 Å². The zero-order chi connectivity index (χ0) is 16.1. The van der Waals surface area contributed by atoms with Crippen molar-refractivity contribution in [2.75, 3.05) is 12.4 Å². The first-order valence-corrected chi connectivity index (χ1v) is 7.82. The quantitative estimate of drug-likeness (QED) is 0.752.